The fraction of sp³-hybridized carbons (Fsp3) is 0.562. The molecule has 2 rings (SSSR count). The van der Waals surface area contributed by atoms with Crippen LogP contribution in [0.4, 0.5) is 4.39 Å². The summed E-state index contributed by atoms with van der Waals surface area (Å²) in [6.45, 7) is 6.01. The Labute approximate surface area is 124 Å². The Hall–Kier alpha value is -0.930. The molecule has 1 aromatic rings. The largest absolute Gasteiger partial charge is 0.297 e. The standard InChI is InChI=1S/C16H21ClFNO/c1-3-16(2,19-8-4-5-9-19)15(20)10-12-6-7-13(18)11-14(12)17/h6-7,11H,3-5,8-10H2,1-2H3. The van der Waals surface area contributed by atoms with Crippen molar-refractivity contribution in [3.63, 3.8) is 0 Å². The molecule has 1 unspecified atom stereocenters. The lowest BCUT2D eigenvalue weighted by Crippen LogP contribution is -2.51. The monoisotopic (exact) mass is 297 g/mol. The quantitative estimate of drug-likeness (QED) is 0.822. The second-order valence-electron chi connectivity index (χ2n) is 5.66. The molecular weight excluding hydrogens is 277 g/mol. The van der Waals surface area contributed by atoms with E-state index in [1.165, 1.54) is 12.1 Å². The van der Waals surface area contributed by atoms with Gasteiger partial charge in [-0.3, -0.25) is 9.69 Å². The maximum absolute atomic E-state index is 13.1. The van der Waals surface area contributed by atoms with Crippen LogP contribution in [-0.2, 0) is 11.2 Å². The van der Waals surface area contributed by atoms with Gasteiger partial charge in [0.25, 0.3) is 0 Å². The molecule has 1 aromatic carbocycles. The molecule has 0 bridgehead atoms. The summed E-state index contributed by atoms with van der Waals surface area (Å²) in [5.74, 6) is -0.209. The van der Waals surface area contributed by atoms with Gasteiger partial charge in [0, 0.05) is 11.4 Å². The van der Waals surface area contributed by atoms with Crippen LogP contribution in [0.3, 0.4) is 0 Å². The van der Waals surface area contributed by atoms with Gasteiger partial charge in [0.1, 0.15) is 5.82 Å². The average molecular weight is 298 g/mol. The van der Waals surface area contributed by atoms with Gasteiger partial charge in [-0.1, -0.05) is 24.6 Å². The van der Waals surface area contributed by atoms with E-state index >= 15 is 0 Å². The van der Waals surface area contributed by atoms with E-state index in [4.69, 9.17) is 11.6 Å². The van der Waals surface area contributed by atoms with Crippen LogP contribution >= 0.6 is 11.6 Å². The third kappa shape index (κ3) is 3.04. The van der Waals surface area contributed by atoms with Crippen molar-refractivity contribution in [2.75, 3.05) is 13.1 Å². The first-order valence-electron chi connectivity index (χ1n) is 7.19. The zero-order valence-corrected chi connectivity index (χ0v) is 12.8. The number of ketones is 1. The molecule has 0 aromatic heterocycles. The molecule has 0 aliphatic carbocycles. The Bertz CT molecular complexity index is 499. The highest BCUT2D eigenvalue weighted by atomic mass is 35.5. The number of benzene rings is 1. The maximum atomic E-state index is 13.1. The average Bonchev–Trinajstić information content (AvgIpc) is 2.95. The van der Waals surface area contributed by atoms with Crippen molar-refractivity contribution in [3.8, 4) is 0 Å². The summed E-state index contributed by atoms with van der Waals surface area (Å²) in [5, 5.41) is 0.332. The van der Waals surface area contributed by atoms with Gasteiger partial charge in [-0.25, -0.2) is 4.39 Å². The number of hydrogen-bond donors (Lipinski definition) is 0. The Morgan fingerprint density at radius 1 is 1.40 bits per heavy atom. The number of rotatable bonds is 5. The SMILES string of the molecule is CCC(C)(C(=O)Cc1ccc(F)cc1Cl)N1CCCC1. The first-order chi connectivity index (χ1) is 9.47. The molecule has 0 radical (unpaired) electrons. The van der Waals surface area contributed by atoms with E-state index in [9.17, 15) is 9.18 Å². The highest BCUT2D eigenvalue weighted by Crippen LogP contribution is 2.28. The van der Waals surface area contributed by atoms with Crippen LogP contribution in [0.15, 0.2) is 18.2 Å². The van der Waals surface area contributed by atoms with Gasteiger partial charge < -0.3 is 0 Å². The molecule has 2 nitrogen and oxygen atoms in total. The number of nitrogens with zero attached hydrogens (tertiary/aromatic N) is 1. The van der Waals surface area contributed by atoms with Gasteiger partial charge in [-0.05, 0) is 57.0 Å². The molecule has 1 atom stereocenters. The summed E-state index contributed by atoms with van der Waals surface area (Å²) in [6.07, 6.45) is 3.35. The third-order valence-corrected chi connectivity index (χ3v) is 4.81. The predicted molar refractivity (Wildman–Crippen MR) is 79.6 cm³/mol. The molecule has 0 amide bonds. The van der Waals surface area contributed by atoms with Crippen molar-refractivity contribution >= 4 is 17.4 Å². The second-order valence-corrected chi connectivity index (χ2v) is 6.06. The minimum absolute atomic E-state index is 0.162. The van der Waals surface area contributed by atoms with E-state index < -0.39 is 5.54 Å². The lowest BCUT2D eigenvalue weighted by Gasteiger charge is -2.36. The van der Waals surface area contributed by atoms with Gasteiger partial charge in [0.15, 0.2) is 5.78 Å². The van der Waals surface area contributed by atoms with Crippen molar-refractivity contribution < 1.29 is 9.18 Å². The Morgan fingerprint density at radius 2 is 2.05 bits per heavy atom. The van der Waals surface area contributed by atoms with Gasteiger partial charge in [0.2, 0.25) is 0 Å². The first-order valence-corrected chi connectivity index (χ1v) is 7.57. The molecular formula is C16H21ClFNO. The summed E-state index contributed by atoms with van der Waals surface area (Å²) in [7, 11) is 0. The van der Waals surface area contributed by atoms with Crippen LogP contribution in [-0.4, -0.2) is 29.3 Å². The van der Waals surface area contributed by atoms with Crippen LogP contribution in [0.5, 0.6) is 0 Å². The highest BCUT2D eigenvalue weighted by molar-refractivity contribution is 6.31. The Balaban J connectivity index is 2.16. The Morgan fingerprint density at radius 3 is 2.60 bits per heavy atom. The molecule has 0 saturated carbocycles. The minimum Gasteiger partial charge on any atom is -0.297 e. The summed E-state index contributed by atoms with van der Waals surface area (Å²) in [4.78, 5) is 15.0. The number of halogens is 2. The molecule has 1 saturated heterocycles. The number of hydrogen-bond acceptors (Lipinski definition) is 2. The summed E-state index contributed by atoms with van der Waals surface area (Å²) in [5.41, 5.74) is 0.269. The third-order valence-electron chi connectivity index (χ3n) is 4.46. The van der Waals surface area contributed by atoms with Gasteiger partial charge >= 0.3 is 0 Å². The molecule has 0 N–H and O–H groups in total. The fourth-order valence-corrected chi connectivity index (χ4v) is 3.07. The normalized spacial score (nSPS) is 19.0. The van der Waals surface area contributed by atoms with E-state index in [0.717, 1.165) is 32.4 Å². The Kier molecular flexibility index (Phi) is 4.82. The fourth-order valence-electron chi connectivity index (χ4n) is 2.84. The van der Waals surface area contributed by atoms with Crippen LogP contribution in [0.25, 0.3) is 0 Å². The maximum Gasteiger partial charge on any atom is 0.157 e. The van der Waals surface area contributed by atoms with E-state index in [1.807, 2.05) is 13.8 Å². The highest BCUT2D eigenvalue weighted by Gasteiger charge is 2.38. The van der Waals surface area contributed by atoms with Crippen LogP contribution in [0.1, 0.15) is 38.7 Å². The predicted octanol–water partition coefficient (Wildman–Crippen LogP) is 3.86. The van der Waals surface area contributed by atoms with Crippen molar-refractivity contribution in [1.82, 2.24) is 4.90 Å². The molecule has 1 aliphatic heterocycles. The van der Waals surface area contributed by atoms with Crippen LogP contribution < -0.4 is 0 Å². The van der Waals surface area contributed by atoms with Crippen molar-refractivity contribution in [2.45, 2.75) is 45.1 Å². The first kappa shape index (κ1) is 15.5. The smallest absolute Gasteiger partial charge is 0.157 e. The summed E-state index contributed by atoms with van der Waals surface area (Å²) < 4.78 is 13.1. The van der Waals surface area contributed by atoms with E-state index in [-0.39, 0.29) is 18.0 Å². The molecule has 1 aliphatic rings. The van der Waals surface area contributed by atoms with Gasteiger partial charge in [-0.15, -0.1) is 0 Å². The molecule has 1 fully saturated rings. The van der Waals surface area contributed by atoms with Crippen LogP contribution in [0, 0.1) is 5.82 Å². The second kappa shape index (κ2) is 6.23. The van der Waals surface area contributed by atoms with Crippen LogP contribution in [0.2, 0.25) is 5.02 Å². The number of likely N-dealkylation sites (tertiary alicyclic amines) is 1. The van der Waals surface area contributed by atoms with E-state index in [2.05, 4.69) is 4.90 Å². The topological polar surface area (TPSA) is 20.3 Å². The lowest BCUT2D eigenvalue weighted by molar-refractivity contribution is -0.129. The van der Waals surface area contributed by atoms with Gasteiger partial charge in [0.05, 0.1) is 5.54 Å². The van der Waals surface area contributed by atoms with E-state index in [1.54, 1.807) is 6.07 Å². The summed E-state index contributed by atoms with van der Waals surface area (Å²) >= 11 is 6.02. The number of carbonyl (C=O) groups excluding carboxylic acids is 1. The van der Waals surface area contributed by atoms with Crippen molar-refractivity contribution in [1.29, 1.82) is 0 Å². The zero-order valence-electron chi connectivity index (χ0n) is 12.1. The molecule has 0 spiro atoms. The number of Topliss-reactive ketones (excluding diaryl/α,β-unsaturated/α-hetero) is 1. The molecule has 1 heterocycles. The zero-order chi connectivity index (χ0) is 14.8. The van der Waals surface area contributed by atoms with E-state index in [0.29, 0.717) is 10.6 Å². The summed E-state index contributed by atoms with van der Waals surface area (Å²) in [6, 6.07) is 4.23. The van der Waals surface area contributed by atoms with Crippen molar-refractivity contribution in [2.24, 2.45) is 0 Å². The number of carbonyl (C=O) groups is 1. The van der Waals surface area contributed by atoms with Gasteiger partial charge in [-0.2, -0.15) is 0 Å². The lowest BCUT2D eigenvalue weighted by atomic mass is 9.87. The van der Waals surface area contributed by atoms with Crippen molar-refractivity contribution in [3.05, 3.63) is 34.6 Å². The molecule has 4 heteroatoms. The molecule has 20 heavy (non-hydrogen) atoms. The minimum atomic E-state index is -0.436. The molecule has 110 valence electrons.